The summed E-state index contributed by atoms with van der Waals surface area (Å²) in [5.74, 6) is -0.540. The van der Waals surface area contributed by atoms with Gasteiger partial charge in [-0.3, -0.25) is 4.79 Å². The molecule has 0 atom stereocenters. The van der Waals surface area contributed by atoms with E-state index in [1.54, 1.807) is 6.07 Å². The number of thioether (sulfide) groups is 1. The van der Waals surface area contributed by atoms with Crippen molar-refractivity contribution in [3.63, 3.8) is 0 Å². The summed E-state index contributed by atoms with van der Waals surface area (Å²) in [6.45, 7) is 0. The third-order valence-corrected chi connectivity index (χ3v) is 3.82. The Balaban J connectivity index is 0.00000220. The Bertz CT molecular complexity index is 565. The molecule has 0 aliphatic carbocycles. The molecule has 1 aliphatic rings. The fourth-order valence-electron chi connectivity index (χ4n) is 1.56. The normalized spacial score (nSPS) is 13.9. The molecule has 0 aromatic heterocycles. The van der Waals surface area contributed by atoms with Crippen LogP contribution in [0.15, 0.2) is 18.2 Å². The van der Waals surface area contributed by atoms with Gasteiger partial charge in [0.25, 0.3) is 5.91 Å². The molecule has 1 aromatic rings. The average Bonchev–Trinajstić information content (AvgIpc) is 2.72. The van der Waals surface area contributed by atoms with E-state index in [1.165, 1.54) is 19.2 Å². The van der Waals surface area contributed by atoms with E-state index in [4.69, 9.17) is 21.8 Å². The predicted molar refractivity (Wildman–Crippen MR) is 84.9 cm³/mol. The number of methoxy groups -OCH3 is 1. The second kappa shape index (κ2) is 7.94. The average molecular weight is 523 g/mol. The first kappa shape index (κ1) is 18.2. The standard InChI is InChI=1S/C12H11NO5S2.Pb.2H/c1-17-9-4-7(2-3-8(9)14)5-11(16)18-13-10(15)6-20-12(13)19;;;/h2-4,14H,5-6H2,1H3;;;. The Morgan fingerprint density at radius 2 is 2.24 bits per heavy atom. The van der Waals surface area contributed by atoms with Crippen molar-refractivity contribution in [2.45, 2.75) is 6.42 Å². The fourth-order valence-corrected chi connectivity index (χ4v) is 2.50. The van der Waals surface area contributed by atoms with Gasteiger partial charge in [0, 0.05) is 0 Å². The molecule has 2 radical (unpaired) electrons. The molecule has 1 N–H and O–H groups in total. The number of hydroxylamine groups is 2. The topological polar surface area (TPSA) is 76.1 Å². The minimum atomic E-state index is -0.615. The van der Waals surface area contributed by atoms with Crippen LogP contribution in [0.3, 0.4) is 0 Å². The van der Waals surface area contributed by atoms with Gasteiger partial charge >= 0.3 is 33.3 Å². The Morgan fingerprint density at radius 3 is 2.81 bits per heavy atom. The second-order valence-electron chi connectivity index (χ2n) is 3.89. The minimum absolute atomic E-state index is 0. The number of aromatic hydroxyl groups is 1. The molecule has 0 saturated carbocycles. The van der Waals surface area contributed by atoms with Crippen LogP contribution in [-0.2, 0) is 20.8 Å². The number of carbonyl (C=O) groups is 2. The van der Waals surface area contributed by atoms with Crippen molar-refractivity contribution in [1.29, 1.82) is 0 Å². The number of carbonyl (C=O) groups excluding carboxylic acids is 2. The zero-order chi connectivity index (χ0) is 14.7. The molecule has 6 nitrogen and oxygen atoms in total. The van der Waals surface area contributed by atoms with Gasteiger partial charge in [0.15, 0.2) is 15.8 Å². The maximum atomic E-state index is 11.8. The number of phenolic OH excluding ortho intramolecular Hbond substituents is 1. The molecule has 0 spiro atoms. The summed E-state index contributed by atoms with van der Waals surface area (Å²) < 4.78 is 5.17. The van der Waals surface area contributed by atoms with Crippen LogP contribution >= 0.6 is 24.0 Å². The first-order chi connectivity index (χ1) is 9.51. The van der Waals surface area contributed by atoms with Crippen molar-refractivity contribution in [3.8, 4) is 11.5 Å². The van der Waals surface area contributed by atoms with E-state index >= 15 is 0 Å². The van der Waals surface area contributed by atoms with Crippen LogP contribution in [-0.4, -0.2) is 66.5 Å². The summed E-state index contributed by atoms with van der Waals surface area (Å²) in [4.78, 5) is 28.1. The first-order valence-corrected chi connectivity index (χ1v) is 6.97. The van der Waals surface area contributed by atoms with Crippen molar-refractivity contribution in [2.75, 3.05) is 12.9 Å². The van der Waals surface area contributed by atoms with E-state index in [9.17, 15) is 14.7 Å². The third-order valence-electron chi connectivity index (χ3n) is 2.50. The molecule has 0 unspecified atom stereocenters. The molecular weight excluding hydrogens is 509 g/mol. The van der Waals surface area contributed by atoms with Crippen LogP contribution in [0.1, 0.15) is 5.56 Å². The van der Waals surface area contributed by atoms with E-state index in [-0.39, 0.29) is 61.2 Å². The van der Waals surface area contributed by atoms with Crippen LogP contribution in [0.25, 0.3) is 0 Å². The van der Waals surface area contributed by atoms with E-state index in [0.717, 1.165) is 16.8 Å². The molecule has 1 aliphatic heterocycles. The van der Waals surface area contributed by atoms with Crippen molar-refractivity contribution >= 4 is 67.5 Å². The summed E-state index contributed by atoms with van der Waals surface area (Å²) in [7, 11) is 1.41. The Labute approximate surface area is 150 Å². The van der Waals surface area contributed by atoms with Crippen LogP contribution in [0.5, 0.6) is 11.5 Å². The van der Waals surface area contributed by atoms with Gasteiger partial charge in [0.2, 0.25) is 0 Å². The molecular formula is C12H13NO5PbS2. The van der Waals surface area contributed by atoms with Gasteiger partial charge in [0.05, 0.1) is 19.3 Å². The Hall–Kier alpha value is -0.878. The number of hydrogen-bond donors (Lipinski definition) is 1. The number of benzene rings is 1. The summed E-state index contributed by atoms with van der Waals surface area (Å²) in [5, 5.41) is 10.3. The molecule has 2 rings (SSSR count). The molecule has 9 heteroatoms. The maximum absolute atomic E-state index is 11.8. The SMILES string of the molecule is COc1cc(CC(=O)ON2C(=O)CSC2=S)ccc1O.[PbH2]. The van der Waals surface area contributed by atoms with Gasteiger partial charge in [-0.05, 0) is 29.9 Å². The van der Waals surface area contributed by atoms with Gasteiger partial charge in [-0.1, -0.05) is 17.8 Å². The molecule has 1 amide bonds. The summed E-state index contributed by atoms with van der Waals surface area (Å²) >= 11 is 6.04. The van der Waals surface area contributed by atoms with Crippen LogP contribution in [0, 0.1) is 0 Å². The molecule has 1 fully saturated rings. The van der Waals surface area contributed by atoms with Gasteiger partial charge in [0.1, 0.15) is 0 Å². The van der Waals surface area contributed by atoms with Gasteiger partial charge < -0.3 is 14.7 Å². The van der Waals surface area contributed by atoms with Crippen molar-refractivity contribution in [1.82, 2.24) is 5.06 Å². The molecule has 1 aromatic carbocycles. The Kier molecular flexibility index (Phi) is 6.87. The number of hydrogen-bond acceptors (Lipinski definition) is 7. The second-order valence-corrected chi connectivity index (χ2v) is 5.50. The fraction of sp³-hybridized carbons (Fsp3) is 0.250. The zero-order valence-electron chi connectivity index (χ0n) is 11.2. The van der Waals surface area contributed by atoms with E-state index in [2.05, 4.69) is 0 Å². The van der Waals surface area contributed by atoms with Crippen LogP contribution in [0.2, 0.25) is 0 Å². The van der Waals surface area contributed by atoms with Gasteiger partial charge in [-0.15, -0.1) is 5.06 Å². The van der Waals surface area contributed by atoms with Crippen molar-refractivity contribution in [2.24, 2.45) is 0 Å². The molecule has 21 heavy (non-hydrogen) atoms. The molecule has 1 saturated heterocycles. The summed E-state index contributed by atoms with van der Waals surface area (Å²) in [6.07, 6.45) is -0.0618. The molecule has 0 bridgehead atoms. The first-order valence-electron chi connectivity index (χ1n) is 5.57. The van der Waals surface area contributed by atoms with Crippen LogP contribution in [0.4, 0.5) is 0 Å². The monoisotopic (exact) mass is 523 g/mol. The van der Waals surface area contributed by atoms with Crippen molar-refractivity contribution < 1.29 is 24.3 Å². The van der Waals surface area contributed by atoms with E-state index in [0.29, 0.717) is 5.56 Å². The van der Waals surface area contributed by atoms with E-state index in [1.807, 2.05) is 0 Å². The summed E-state index contributed by atoms with van der Waals surface area (Å²) in [6, 6.07) is 4.51. The Morgan fingerprint density at radius 1 is 1.52 bits per heavy atom. The third kappa shape index (κ3) is 4.54. The number of amides is 1. The molecule has 1 heterocycles. The number of phenols is 1. The van der Waals surface area contributed by atoms with Crippen molar-refractivity contribution in [3.05, 3.63) is 23.8 Å². The van der Waals surface area contributed by atoms with Gasteiger partial charge in [-0.25, -0.2) is 4.79 Å². The summed E-state index contributed by atoms with van der Waals surface area (Å²) in [5.41, 5.74) is 0.592. The number of ether oxygens (including phenoxy) is 1. The predicted octanol–water partition coefficient (Wildman–Crippen LogP) is 0.346. The van der Waals surface area contributed by atoms with Crippen LogP contribution < -0.4 is 4.74 Å². The number of rotatable bonds is 4. The number of nitrogens with zero attached hydrogens (tertiary/aromatic N) is 1. The molecule has 112 valence electrons. The van der Waals surface area contributed by atoms with E-state index < -0.39 is 5.97 Å². The van der Waals surface area contributed by atoms with Gasteiger partial charge in [-0.2, -0.15) is 0 Å². The quantitative estimate of drug-likeness (QED) is 0.452. The zero-order valence-corrected chi connectivity index (χ0v) is 18.3. The number of thiocarbonyl (C=S) groups is 1.